The molecule has 1 aliphatic rings. The summed E-state index contributed by atoms with van der Waals surface area (Å²) in [6, 6.07) is 11.1. The van der Waals surface area contributed by atoms with E-state index in [9.17, 15) is 0 Å². The molecule has 2 rings (SSSR count). The number of rotatable bonds is 2. The Morgan fingerprint density at radius 1 is 1.14 bits per heavy atom. The summed E-state index contributed by atoms with van der Waals surface area (Å²) in [6.07, 6.45) is 8.47. The highest BCUT2D eigenvalue weighted by Crippen LogP contribution is 2.10. The minimum Gasteiger partial charge on any atom is -0.311 e. The number of benzene rings is 1. The summed E-state index contributed by atoms with van der Waals surface area (Å²) >= 11 is 0. The SMILES string of the molecule is C(=C/[C@H]1CCCCN1)/c1ccccc1. The van der Waals surface area contributed by atoms with E-state index in [1.165, 1.54) is 31.4 Å². The first kappa shape index (κ1) is 9.47. The number of hydrogen-bond acceptors (Lipinski definition) is 1. The van der Waals surface area contributed by atoms with Crippen LogP contribution in [0.5, 0.6) is 0 Å². The summed E-state index contributed by atoms with van der Waals surface area (Å²) in [4.78, 5) is 0. The third kappa shape index (κ3) is 2.71. The van der Waals surface area contributed by atoms with Crippen LogP contribution in [0.1, 0.15) is 24.8 Å². The quantitative estimate of drug-likeness (QED) is 0.750. The first-order valence-corrected chi connectivity index (χ1v) is 5.42. The van der Waals surface area contributed by atoms with Crippen LogP contribution in [0.15, 0.2) is 36.4 Å². The Morgan fingerprint density at radius 2 is 2.00 bits per heavy atom. The molecule has 0 amide bonds. The van der Waals surface area contributed by atoms with E-state index in [4.69, 9.17) is 0 Å². The molecule has 1 N–H and O–H groups in total. The molecule has 1 heterocycles. The smallest absolute Gasteiger partial charge is 0.0253 e. The monoisotopic (exact) mass is 187 g/mol. The third-order valence-electron chi connectivity index (χ3n) is 2.67. The fourth-order valence-corrected chi connectivity index (χ4v) is 1.83. The van der Waals surface area contributed by atoms with Crippen molar-refractivity contribution in [1.82, 2.24) is 5.32 Å². The second-order valence-electron chi connectivity index (χ2n) is 3.83. The van der Waals surface area contributed by atoms with Crippen LogP contribution >= 0.6 is 0 Å². The fraction of sp³-hybridized carbons (Fsp3) is 0.385. The Labute approximate surface area is 85.8 Å². The summed E-state index contributed by atoms with van der Waals surface area (Å²) in [5.41, 5.74) is 1.29. The molecular formula is C13H17N. The average Bonchev–Trinajstić information content (AvgIpc) is 2.29. The summed E-state index contributed by atoms with van der Waals surface area (Å²) in [5, 5.41) is 3.50. The van der Waals surface area contributed by atoms with E-state index in [1.807, 2.05) is 0 Å². The van der Waals surface area contributed by atoms with Crippen LogP contribution in [0.2, 0.25) is 0 Å². The molecule has 1 aliphatic heterocycles. The van der Waals surface area contributed by atoms with Gasteiger partial charge in [0.25, 0.3) is 0 Å². The first-order valence-electron chi connectivity index (χ1n) is 5.42. The molecule has 0 aliphatic carbocycles. The molecule has 1 aromatic rings. The molecule has 0 unspecified atom stereocenters. The molecule has 1 nitrogen and oxygen atoms in total. The molecule has 0 spiro atoms. The summed E-state index contributed by atoms with van der Waals surface area (Å²) in [5.74, 6) is 0. The van der Waals surface area contributed by atoms with Crippen LogP contribution in [0.3, 0.4) is 0 Å². The Bertz CT molecular complexity index is 283. The maximum absolute atomic E-state index is 3.50. The zero-order valence-electron chi connectivity index (χ0n) is 8.45. The van der Waals surface area contributed by atoms with Crippen molar-refractivity contribution in [1.29, 1.82) is 0 Å². The first-order chi connectivity index (χ1) is 6.95. The number of piperidine rings is 1. The number of hydrogen-bond donors (Lipinski definition) is 1. The van der Waals surface area contributed by atoms with Crippen LogP contribution < -0.4 is 5.32 Å². The predicted molar refractivity (Wildman–Crippen MR) is 61.1 cm³/mol. The van der Waals surface area contributed by atoms with E-state index in [0.717, 1.165) is 0 Å². The zero-order chi connectivity index (χ0) is 9.64. The lowest BCUT2D eigenvalue weighted by Crippen LogP contribution is -2.31. The second kappa shape index (κ2) is 4.97. The molecule has 1 fully saturated rings. The van der Waals surface area contributed by atoms with Gasteiger partial charge in [0.05, 0.1) is 0 Å². The van der Waals surface area contributed by atoms with Crippen molar-refractivity contribution in [2.75, 3.05) is 6.54 Å². The highest BCUT2D eigenvalue weighted by Gasteiger charge is 2.07. The molecule has 0 bridgehead atoms. The summed E-state index contributed by atoms with van der Waals surface area (Å²) < 4.78 is 0. The molecule has 1 saturated heterocycles. The fourth-order valence-electron chi connectivity index (χ4n) is 1.83. The van der Waals surface area contributed by atoms with Gasteiger partial charge in [0.1, 0.15) is 0 Å². The number of nitrogens with one attached hydrogen (secondary N) is 1. The largest absolute Gasteiger partial charge is 0.311 e. The lowest BCUT2D eigenvalue weighted by molar-refractivity contribution is 0.455. The van der Waals surface area contributed by atoms with E-state index in [1.54, 1.807) is 0 Å². The highest BCUT2D eigenvalue weighted by atomic mass is 14.9. The van der Waals surface area contributed by atoms with Gasteiger partial charge in [-0.1, -0.05) is 48.9 Å². The van der Waals surface area contributed by atoms with Crippen molar-refractivity contribution in [2.24, 2.45) is 0 Å². The zero-order valence-corrected chi connectivity index (χ0v) is 8.45. The van der Waals surface area contributed by atoms with Gasteiger partial charge < -0.3 is 5.32 Å². The van der Waals surface area contributed by atoms with E-state index >= 15 is 0 Å². The van der Waals surface area contributed by atoms with Crippen molar-refractivity contribution < 1.29 is 0 Å². The topological polar surface area (TPSA) is 12.0 Å². The van der Waals surface area contributed by atoms with Gasteiger partial charge in [-0.3, -0.25) is 0 Å². The van der Waals surface area contributed by atoms with Crippen LogP contribution in [0, 0.1) is 0 Å². The van der Waals surface area contributed by atoms with E-state index < -0.39 is 0 Å². The lowest BCUT2D eigenvalue weighted by Gasteiger charge is -2.19. The van der Waals surface area contributed by atoms with Gasteiger partial charge in [-0.05, 0) is 24.9 Å². The van der Waals surface area contributed by atoms with Gasteiger partial charge in [-0.15, -0.1) is 0 Å². The molecule has 1 heteroatoms. The standard InChI is InChI=1S/C13H17N/c1-2-6-12(7-3-1)9-10-13-8-4-5-11-14-13/h1-3,6-7,9-10,13-14H,4-5,8,11H2/b10-9-/t13-/m1/s1. The van der Waals surface area contributed by atoms with Crippen molar-refractivity contribution in [3.63, 3.8) is 0 Å². The normalized spacial score (nSPS) is 22.7. The van der Waals surface area contributed by atoms with Crippen LogP contribution in [-0.2, 0) is 0 Å². The molecule has 1 atom stereocenters. The van der Waals surface area contributed by atoms with Gasteiger partial charge >= 0.3 is 0 Å². The van der Waals surface area contributed by atoms with Gasteiger partial charge in [-0.25, -0.2) is 0 Å². The maximum Gasteiger partial charge on any atom is 0.0253 e. The molecule has 14 heavy (non-hydrogen) atoms. The Balaban J connectivity index is 1.93. The van der Waals surface area contributed by atoms with E-state index in [-0.39, 0.29) is 0 Å². The average molecular weight is 187 g/mol. The minimum absolute atomic E-state index is 0.587. The predicted octanol–water partition coefficient (Wildman–Crippen LogP) is 2.84. The molecular weight excluding hydrogens is 170 g/mol. The lowest BCUT2D eigenvalue weighted by atomic mass is 10.0. The van der Waals surface area contributed by atoms with Gasteiger partial charge in [0.2, 0.25) is 0 Å². The molecule has 1 aromatic carbocycles. The van der Waals surface area contributed by atoms with Gasteiger partial charge in [-0.2, -0.15) is 0 Å². The van der Waals surface area contributed by atoms with Gasteiger partial charge in [0.15, 0.2) is 0 Å². The van der Waals surface area contributed by atoms with Crippen molar-refractivity contribution >= 4 is 6.08 Å². The Hall–Kier alpha value is -1.08. The Kier molecular flexibility index (Phi) is 3.36. The maximum atomic E-state index is 3.50. The van der Waals surface area contributed by atoms with Gasteiger partial charge in [0, 0.05) is 6.04 Å². The highest BCUT2D eigenvalue weighted by molar-refractivity contribution is 5.49. The molecule has 74 valence electrons. The van der Waals surface area contributed by atoms with Crippen molar-refractivity contribution in [2.45, 2.75) is 25.3 Å². The van der Waals surface area contributed by atoms with Crippen LogP contribution in [-0.4, -0.2) is 12.6 Å². The third-order valence-corrected chi connectivity index (χ3v) is 2.67. The minimum atomic E-state index is 0.587. The summed E-state index contributed by atoms with van der Waals surface area (Å²) in [6.45, 7) is 1.17. The molecule has 0 aromatic heterocycles. The Morgan fingerprint density at radius 3 is 2.71 bits per heavy atom. The van der Waals surface area contributed by atoms with Crippen LogP contribution in [0.4, 0.5) is 0 Å². The van der Waals surface area contributed by atoms with E-state index in [2.05, 4.69) is 47.8 Å². The molecule has 0 saturated carbocycles. The van der Waals surface area contributed by atoms with Crippen LogP contribution in [0.25, 0.3) is 6.08 Å². The summed E-state index contributed by atoms with van der Waals surface area (Å²) in [7, 11) is 0. The van der Waals surface area contributed by atoms with Crippen molar-refractivity contribution in [3.8, 4) is 0 Å². The van der Waals surface area contributed by atoms with E-state index in [0.29, 0.717) is 6.04 Å². The second-order valence-corrected chi connectivity index (χ2v) is 3.83. The molecule has 0 radical (unpaired) electrons. The van der Waals surface area contributed by atoms with Crippen molar-refractivity contribution in [3.05, 3.63) is 42.0 Å².